The van der Waals surface area contributed by atoms with E-state index >= 15 is 0 Å². The number of hydrogen-bond donors (Lipinski definition) is 3. The molecule has 1 amide bonds. The first-order valence-electron chi connectivity index (χ1n) is 11.9. The van der Waals surface area contributed by atoms with Crippen LogP contribution < -0.4 is 10.6 Å². The van der Waals surface area contributed by atoms with Crippen LogP contribution in [0.5, 0.6) is 0 Å². The number of carbonyl (C=O) groups excluding carboxylic acids is 2. The number of sulfonamides is 1. The van der Waals surface area contributed by atoms with Crippen molar-refractivity contribution >= 4 is 27.4 Å². The molecule has 0 bridgehead atoms. The molecule has 2 aromatic carbocycles. The van der Waals surface area contributed by atoms with Gasteiger partial charge in [-0.15, -0.1) is 0 Å². The third-order valence-electron chi connectivity index (χ3n) is 6.65. The molecule has 1 fully saturated rings. The summed E-state index contributed by atoms with van der Waals surface area (Å²) in [7, 11) is -4.18. The van der Waals surface area contributed by atoms with Crippen LogP contribution in [0.2, 0.25) is 0 Å². The lowest BCUT2D eigenvalue weighted by molar-refractivity contribution is -0.117. The molecule has 0 spiro atoms. The van der Waals surface area contributed by atoms with E-state index in [-0.39, 0.29) is 37.2 Å². The molecule has 194 valence electrons. The number of para-hydroxylation sites is 1. The second-order valence-electron chi connectivity index (χ2n) is 9.10. The Labute approximate surface area is 212 Å². The third-order valence-corrected chi connectivity index (χ3v) is 8.47. The molecule has 2 aliphatic rings. The van der Waals surface area contributed by atoms with Crippen molar-refractivity contribution in [3.63, 3.8) is 0 Å². The van der Waals surface area contributed by atoms with Crippen LogP contribution in [0.3, 0.4) is 0 Å². The summed E-state index contributed by atoms with van der Waals surface area (Å²) in [6.07, 6.45) is 1.81. The normalized spacial score (nSPS) is 17.9. The number of anilines is 1. The van der Waals surface area contributed by atoms with Crippen LogP contribution in [0, 0.1) is 11.6 Å². The number of H-pyrrole nitrogens is 1. The van der Waals surface area contributed by atoms with E-state index in [1.807, 2.05) is 0 Å². The van der Waals surface area contributed by atoms with Crippen molar-refractivity contribution in [1.29, 1.82) is 0 Å². The highest BCUT2D eigenvalue weighted by Crippen LogP contribution is 2.28. The van der Waals surface area contributed by atoms with Gasteiger partial charge in [-0.05, 0) is 43.7 Å². The summed E-state index contributed by atoms with van der Waals surface area (Å²) in [5.74, 6) is -2.47. The molecule has 1 aromatic heterocycles. The number of Topliss-reactive ketones (excluding diaryl/α,β-unsaturated/α-hetero) is 1. The molecular weight excluding hydrogens is 504 g/mol. The van der Waals surface area contributed by atoms with Gasteiger partial charge >= 0.3 is 0 Å². The number of fused-ring (bicyclic) bond motifs is 1. The number of halogens is 2. The maximum Gasteiger partial charge on any atom is 0.243 e. The van der Waals surface area contributed by atoms with Crippen LogP contribution in [0.25, 0.3) is 0 Å². The third kappa shape index (κ3) is 5.17. The van der Waals surface area contributed by atoms with Crippen molar-refractivity contribution in [2.24, 2.45) is 0 Å². The fourth-order valence-electron chi connectivity index (χ4n) is 4.72. The Hall–Kier alpha value is -3.48. The van der Waals surface area contributed by atoms with Crippen LogP contribution in [0.15, 0.2) is 47.4 Å². The molecule has 1 saturated heterocycles. The summed E-state index contributed by atoms with van der Waals surface area (Å²) in [6, 6.07) is 8.56. The maximum absolute atomic E-state index is 13.7. The zero-order valence-corrected chi connectivity index (χ0v) is 20.6. The molecule has 0 saturated carbocycles. The summed E-state index contributed by atoms with van der Waals surface area (Å²) in [4.78, 5) is 25.4. The topological polar surface area (TPSA) is 124 Å². The Balaban J connectivity index is 1.35. The number of benzene rings is 2. The molecule has 0 aliphatic carbocycles. The first-order chi connectivity index (χ1) is 17.7. The van der Waals surface area contributed by atoms with Crippen LogP contribution in [-0.2, 0) is 34.2 Å². The summed E-state index contributed by atoms with van der Waals surface area (Å²) >= 11 is 0. The fraction of sp³-hybridized carbons (Fsp3) is 0.320. The molecule has 9 nitrogen and oxygen atoms in total. The van der Waals surface area contributed by atoms with Gasteiger partial charge in [-0.3, -0.25) is 14.7 Å². The number of carbonyl (C=O) groups is 2. The van der Waals surface area contributed by atoms with E-state index in [2.05, 4.69) is 20.8 Å². The molecule has 12 heteroatoms. The molecular formula is C25H25F2N5O4S. The van der Waals surface area contributed by atoms with Crippen molar-refractivity contribution < 1.29 is 26.8 Å². The number of amides is 1. The highest BCUT2D eigenvalue weighted by molar-refractivity contribution is 7.89. The van der Waals surface area contributed by atoms with Gasteiger partial charge in [-0.2, -0.15) is 9.40 Å². The molecule has 37 heavy (non-hydrogen) atoms. The van der Waals surface area contributed by atoms with Crippen LogP contribution in [0.1, 0.15) is 40.2 Å². The molecule has 2 aliphatic heterocycles. The highest BCUT2D eigenvalue weighted by Gasteiger charge is 2.32. The summed E-state index contributed by atoms with van der Waals surface area (Å²) < 4.78 is 54.6. The van der Waals surface area contributed by atoms with Crippen molar-refractivity contribution in [1.82, 2.24) is 19.8 Å². The minimum atomic E-state index is -4.18. The summed E-state index contributed by atoms with van der Waals surface area (Å²) in [5, 5.41) is 13.1. The Morgan fingerprint density at radius 2 is 1.89 bits per heavy atom. The molecule has 5 rings (SSSR count). The van der Waals surface area contributed by atoms with Gasteiger partial charge in [0, 0.05) is 42.4 Å². The Bertz CT molecular complexity index is 1450. The number of aromatic amines is 1. The van der Waals surface area contributed by atoms with Gasteiger partial charge in [0.15, 0.2) is 5.78 Å². The van der Waals surface area contributed by atoms with E-state index in [1.54, 1.807) is 24.3 Å². The van der Waals surface area contributed by atoms with Crippen LogP contribution in [-0.4, -0.2) is 53.7 Å². The van der Waals surface area contributed by atoms with Crippen molar-refractivity contribution in [2.75, 3.05) is 18.4 Å². The smallest absolute Gasteiger partial charge is 0.243 e. The van der Waals surface area contributed by atoms with E-state index < -0.39 is 26.6 Å². The van der Waals surface area contributed by atoms with Crippen molar-refractivity contribution in [2.45, 2.75) is 43.2 Å². The minimum absolute atomic E-state index is 0.0904. The van der Waals surface area contributed by atoms with E-state index in [0.717, 1.165) is 35.8 Å². The van der Waals surface area contributed by atoms with Gasteiger partial charge in [-0.1, -0.05) is 12.1 Å². The van der Waals surface area contributed by atoms with E-state index in [9.17, 15) is 26.8 Å². The molecule has 0 radical (unpaired) electrons. The van der Waals surface area contributed by atoms with Gasteiger partial charge in [0.25, 0.3) is 0 Å². The zero-order chi connectivity index (χ0) is 26.2. The van der Waals surface area contributed by atoms with Gasteiger partial charge in [0.1, 0.15) is 11.6 Å². The molecule has 0 unspecified atom stereocenters. The SMILES string of the molecule is O=C(Cc1n[nH]c2c1CN(S(=O)(=O)c1cc(F)cc(F)c1)CC2)c1ccccc1NC(=O)[C@H]1CCCN1. The molecule has 3 heterocycles. The van der Waals surface area contributed by atoms with Crippen LogP contribution in [0.4, 0.5) is 14.5 Å². The molecule has 3 N–H and O–H groups in total. The average molecular weight is 530 g/mol. The lowest BCUT2D eigenvalue weighted by Crippen LogP contribution is -2.36. The number of rotatable bonds is 7. The predicted octanol–water partition coefficient (Wildman–Crippen LogP) is 2.55. The van der Waals surface area contributed by atoms with Gasteiger partial charge < -0.3 is 10.6 Å². The number of aromatic nitrogens is 2. The van der Waals surface area contributed by atoms with E-state index in [0.29, 0.717) is 40.7 Å². The van der Waals surface area contributed by atoms with E-state index in [4.69, 9.17) is 0 Å². The first kappa shape index (κ1) is 25.2. The second kappa shape index (κ2) is 10.1. The number of hydrogen-bond acceptors (Lipinski definition) is 6. The summed E-state index contributed by atoms with van der Waals surface area (Å²) in [5.41, 5.74) is 2.35. The number of ketones is 1. The maximum atomic E-state index is 13.7. The zero-order valence-electron chi connectivity index (χ0n) is 19.8. The fourth-order valence-corrected chi connectivity index (χ4v) is 6.17. The van der Waals surface area contributed by atoms with Gasteiger partial charge in [0.05, 0.1) is 28.7 Å². The monoisotopic (exact) mass is 529 g/mol. The van der Waals surface area contributed by atoms with Crippen molar-refractivity contribution in [3.05, 3.63) is 76.6 Å². The van der Waals surface area contributed by atoms with Gasteiger partial charge in [0.2, 0.25) is 15.9 Å². The Kier molecular flexibility index (Phi) is 6.88. The molecule has 3 aromatic rings. The predicted molar refractivity (Wildman–Crippen MR) is 130 cm³/mol. The Morgan fingerprint density at radius 1 is 1.14 bits per heavy atom. The second-order valence-corrected chi connectivity index (χ2v) is 11.0. The van der Waals surface area contributed by atoms with E-state index in [1.165, 1.54) is 0 Å². The largest absolute Gasteiger partial charge is 0.324 e. The summed E-state index contributed by atoms with van der Waals surface area (Å²) in [6.45, 7) is 0.761. The number of nitrogens with one attached hydrogen (secondary N) is 3. The quantitative estimate of drug-likeness (QED) is 0.404. The molecule has 1 atom stereocenters. The van der Waals surface area contributed by atoms with Crippen molar-refractivity contribution in [3.8, 4) is 0 Å². The van der Waals surface area contributed by atoms with Crippen LogP contribution >= 0.6 is 0 Å². The Morgan fingerprint density at radius 3 is 2.62 bits per heavy atom. The lowest BCUT2D eigenvalue weighted by atomic mass is 10.00. The highest BCUT2D eigenvalue weighted by atomic mass is 32.2. The first-order valence-corrected chi connectivity index (χ1v) is 13.3. The number of nitrogens with zero attached hydrogens (tertiary/aromatic N) is 2. The average Bonchev–Trinajstić information content (AvgIpc) is 3.54. The standard InChI is InChI=1S/C25H25F2N5O4S/c26-15-10-16(27)12-17(11-15)37(35,36)32-9-7-21-19(14-32)23(31-30-21)13-24(33)18-4-1-2-5-20(18)29-25(34)22-6-3-8-28-22/h1-2,4-5,10-12,22,28H,3,6-9,13-14H2,(H,29,34)(H,30,31)/t22-/m1/s1. The van der Waals surface area contributed by atoms with Gasteiger partial charge in [-0.25, -0.2) is 17.2 Å². The lowest BCUT2D eigenvalue weighted by Gasteiger charge is -2.26. The minimum Gasteiger partial charge on any atom is -0.324 e.